The topological polar surface area (TPSA) is 71.5 Å². The number of allylic oxidation sites excluding steroid dienone is 2. The molecule has 1 saturated heterocycles. The van der Waals surface area contributed by atoms with E-state index in [1.54, 1.807) is 0 Å². The van der Waals surface area contributed by atoms with Gasteiger partial charge in [-0.2, -0.15) is 26.3 Å². The van der Waals surface area contributed by atoms with Crippen LogP contribution in [-0.2, 0) is 30.5 Å². The minimum Gasteiger partial charge on any atom is -0.277 e. The van der Waals surface area contributed by atoms with Gasteiger partial charge in [0.15, 0.2) is 0 Å². The van der Waals surface area contributed by atoms with Crippen LogP contribution in [0.25, 0.3) is 0 Å². The smallest absolute Gasteiger partial charge is 0.277 e. The van der Waals surface area contributed by atoms with E-state index in [2.05, 4.69) is 0 Å². The van der Waals surface area contributed by atoms with Crippen LogP contribution in [-0.4, -0.2) is 55.5 Å². The Labute approximate surface area is 196 Å². The average molecular weight is 527 g/mol. The number of amides is 2. The minimum absolute atomic E-state index is 0.106. The highest BCUT2D eigenvalue weighted by Crippen LogP contribution is 2.54. The van der Waals surface area contributed by atoms with Crippen molar-refractivity contribution in [2.45, 2.75) is 43.3 Å². The lowest BCUT2D eigenvalue weighted by atomic mass is 9.68. The third-order valence-electron chi connectivity index (χ3n) is 6.18. The zero-order valence-corrected chi connectivity index (χ0v) is 19.4. The lowest BCUT2D eigenvalue weighted by Crippen LogP contribution is -2.50. The van der Waals surface area contributed by atoms with Crippen molar-refractivity contribution in [2.24, 2.45) is 5.92 Å². The second kappa shape index (κ2) is 8.17. The van der Waals surface area contributed by atoms with Crippen LogP contribution >= 0.6 is 0 Å². The van der Waals surface area contributed by atoms with Gasteiger partial charge in [0.1, 0.15) is 15.3 Å². The van der Waals surface area contributed by atoms with Gasteiger partial charge in [0.2, 0.25) is 11.8 Å². The summed E-state index contributed by atoms with van der Waals surface area (Å²) < 4.78 is 117. The SMILES string of the molecule is Cc1cc(C(F)(C(F)(F)F)C(F)(F)F)ccc1C12C=CC=CC1C(=O)N(C(C)CS(C)(=O)=O)C2=O. The van der Waals surface area contributed by atoms with E-state index in [4.69, 9.17) is 0 Å². The van der Waals surface area contributed by atoms with E-state index in [-0.39, 0.29) is 11.1 Å². The molecule has 35 heavy (non-hydrogen) atoms. The Hall–Kier alpha value is -2.70. The van der Waals surface area contributed by atoms with Crippen LogP contribution in [0.15, 0.2) is 42.5 Å². The van der Waals surface area contributed by atoms with Gasteiger partial charge in [-0.1, -0.05) is 42.5 Å². The molecule has 1 aliphatic carbocycles. The van der Waals surface area contributed by atoms with Crippen molar-refractivity contribution in [1.82, 2.24) is 4.90 Å². The maximum absolute atomic E-state index is 14.6. The van der Waals surface area contributed by atoms with Gasteiger partial charge in [-0.05, 0) is 25.0 Å². The first kappa shape index (κ1) is 26.9. The molecule has 0 saturated carbocycles. The second-order valence-electron chi connectivity index (χ2n) is 8.73. The minimum atomic E-state index is -6.31. The van der Waals surface area contributed by atoms with Crippen LogP contribution in [0.3, 0.4) is 0 Å². The molecule has 3 unspecified atom stereocenters. The largest absolute Gasteiger partial charge is 0.435 e. The number of imide groups is 1. The number of hydrogen-bond acceptors (Lipinski definition) is 4. The summed E-state index contributed by atoms with van der Waals surface area (Å²) >= 11 is 0. The lowest BCUT2D eigenvalue weighted by molar-refractivity contribution is -0.348. The fourth-order valence-corrected chi connectivity index (χ4v) is 5.73. The summed E-state index contributed by atoms with van der Waals surface area (Å²) in [5.41, 5.74) is -9.63. The Morgan fingerprint density at radius 1 is 1.03 bits per heavy atom. The highest BCUT2D eigenvalue weighted by atomic mass is 32.2. The molecule has 1 aromatic rings. The predicted octanol–water partition coefficient (Wildman–Crippen LogP) is 4.07. The van der Waals surface area contributed by atoms with Crippen molar-refractivity contribution in [3.63, 3.8) is 0 Å². The van der Waals surface area contributed by atoms with Gasteiger partial charge in [-0.15, -0.1) is 0 Å². The quantitative estimate of drug-likeness (QED) is 0.428. The fraction of sp³-hybridized carbons (Fsp3) is 0.455. The Bertz CT molecular complexity index is 1220. The average Bonchev–Trinajstić information content (AvgIpc) is 2.92. The van der Waals surface area contributed by atoms with Crippen LogP contribution in [0.1, 0.15) is 23.6 Å². The summed E-state index contributed by atoms with van der Waals surface area (Å²) in [4.78, 5) is 27.4. The number of nitrogens with zero attached hydrogens (tertiary/aromatic N) is 1. The van der Waals surface area contributed by atoms with E-state index in [0.29, 0.717) is 12.1 Å². The van der Waals surface area contributed by atoms with Gasteiger partial charge < -0.3 is 0 Å². The number of rotatable bonds is 5. The summed E-state index contributed by atoms with van der Waals surface area (Å²) in [6, 6.07) is 0.321. The van der Waals surface area contributed by atoms with Crippen molar-refractivity contribution >= 4 is 21.7 Å². The molecule has 2 aliphatic rings. The van der Waals surface area contributed by atoms with Crippen molar-refractivity contribution in [3.8, 4) is 0 Å². The van der Waals surface area contributed by atoms with Gasteiger partial charge >= 0.3 is 18.0 Å². The van der Waals surface area contributed by atoms with E-state index in [1.165, 1.54) is 31.2 Å². The Balaban J connectivity index is 2.18. The van der Waals surface area contributed by atoms with Gasteiger partial charge in [0.05, 0.1) is 17.7 Å². The number of aryl methyl sites for hydroxylation is 1. The highest BCUT2D eigenvalue weighted by Gasteiger charge is 2.73. The number of fused-ring (bicyclic) bond motifs is 1. The highest BCUT2D eigenvalue weighted by molar-refractivity contribution is 7.90. The van der Waals surface area contributed by atoms with Crippen LogP contribution in [0.5, 0.6) is 0 Å². The molecule has 13 heteroatoms. The maximum atomic E-state index is 14.6. The number of carbonyl (C=O) groups excluding carboxylic acids is 2. The molecule has 5 nitrogen and oxygen atoms in total. The van der Waals surface area contributed by atoms with Gasteiger partial charge in [0.25, 0.3) is 0 Å². The van der Waals surface area contributed by atoms with Crippen LogP contribution in [0.4, 0.5) is 30.7 Å². The van der Waals surface area contributed by atoms with Gasteiger partial charge in [-0.25, -0.2) is 12.8 Å². The molecule has 0 N–H and O–H groups in total. The molecular weight excluding hydrogens is 507 g/mol. The third kappa shape index (κ3) is 4.07. The molecule has 1 aliphatic heterocycles. The first-order valence-electron chi connectivity index (χ1n) is 10.1. The van der Waals surface area contributed by atoms with Crippen molar-refractivity contribution in [2.75, 3.05) is 12.0 Å². The molecule has 0 bridgehead atoms. The molecule has 0 spiro atoms. The molecule has 0 aromatic heterocycles. The second-order valence-corrected chi connectivity index (χ2v) is 10.9. The van der Waals surface area contributed by atoms with E-state index >= 15 is 0 Å². The predicted molar refractivity (Wildman–Crippen MR) is 111 cm³/mol. The fourth-order valence-electron chi connectivity index (χ4n) is 4.70. The molecule has 192 valence electrons. The van der Waals surface area contributed by atoms with Crippen molar-refractivity contribution in [1.29, 1.82) is 0 Å². The summed E-state index contributed by atoms with van der Waals surface area (Å²) in [5, 5.41) is 0. The molecule has 2 amide bonds. The number of alkyl halides is 7. The zero-order chi connectivity index (χ0) is 26.8. The molecule has 3 atom stereocenters. The number of sulfone groups is 1. The summed E-state index contributed by atoms with van der Waals surface area (Å²) in [6.45, 7) is 2.43. The van der Waals surface area contributed by atoms with Gasteiger partial charge in [-0.3, -0.25) is 14.5 Å². The zero-order valence-electron chi connectivity index (χ0n) is 18.5. The molecule has 1 fully saturated rings. The first-order chi connectivity index (χ1) is 15.8. The van der Waals surface area contributed by atoms with Crippen LogP contribution < -0.4 is 0 Å². The summed E-state index contributed by atoms with van der Waals surface area (Å²) in [5.74, 6) is -3.45. The van der Waals surface area contributed by atoms with Crippen molar-refractivity contribution in [3.05, 3.63) is 59.2 Å². The van der Waals surface area contributed by atoms with Crippen LogP contribution in [0.2, 0.25) is 0 Å². The Morgan fingerprint density at radius 3 is 2.09 bits per heavy atom. The Kier molecular flexibility index (Phi) is 6.28. The molecule has 3 rings (SSSR count). The van der Waals surface area contributed by atoms with Gasteiger partial charge in [0, 0.05) is 11.8 Å². The number of likely N-dealkylation sites (tertiary alicyclic amines) is 1. The standard InChI is InChI=1S/C22H20F7NO4S/c1-12-10-14(20(23,21(24,25)26)22(27,28)29)7-8-15(12)19-9-5-4-6-16(19)17(31)30(18(19)32)13(2)11-35(3,33)34/h4-10,13,16H,11H2,1-3H3. The van der Waals surface area contributed by atoms with E-state index in [0.717, 1.165) is 24.1 Å². The van der Waals surface area contributed by atoms with Crippen molar-refractivity contribution < 1.29 is 48.7 Å². The summed E-state index contributed by atoms with van der Waals surface area (Å²) in [7, 11) is -3.62. The Morgan fingerprint density at radius 2 is 1.60 bits per heavy atom. The maximum Gasteiger partial charge on any atom is 0.435 e. The van der Waals surface area contributed by atoms with E-state index in [1.807, 2.05) is 0 Å². The third-order valence-corrected chi connectivity index (χ3v) is 7.26. The first-order valence-corrected chi connectivity index (χ1v) is 12.2. The summed E-state index contributed by atoms with van der Waals surface area (Å²) in [6.07, 6.45) is -6.29. The monoisotopic (exact) mass is 527 g/mol. The van der Waals surface area contributed by atoms with E-state index < -0.39 is 68.4 Å². The molecule has 1 heterocycles. The molecular formula is C22H20F7NO4S. The number of benzene rings is 1. The number of carbonyl (C=O) groups is 2. The number of halogens is 7. The van der Waals surface area contributed by atoms with E-state index in [9.17, 15) is 48.7 Å². The molecule has 0 radical (unpaired) electrons. The lowest BCUT2D eigenvalue weighted by Gasteiger charge is -2.34. The van der Waals surface area contributed by atoms with Crippen LogP contribution in [0, 0.1) is 12.8 Å². The normalized spacial score (nSPS) is 24.2. The number of hydrogen-bond donors (Lipinski definition) is 0. The molecule has 1 aromatic carbocycles.